The van der Waals surface area contributed by atoms with E-state index in [9.17, 15) is 0 Å². The van der Waals surface area contributed by atoms with E-state index in [0.29, 0.717) is 6.04 Å². The highest BCUT2D eigenvalue weighted by molar-refractivity contribution is 5.43. The summed E-state index contributed by atoms with van der Waals surface area (Å²) >= 11 is 0. The lowest BCUT2D eigenvalue weighted by atomic mass is 9.71. The first kappa shape index (κ1) is 11.1. The second-order valence-electron chi connectivity index (χ2n) is 5.00. The average molecular weight is 233 g/mol. The lowest BCUT2D eigenvalue weighted by Gasteiger charge is -2.46. The van der Waals surface area contributed by atoms with Crippen molar-refractivity contribution in [2.24, 2.45) is 0 Å². The molecule has 3 heteroatoms. The molecule has 3 rings (SSSR count). The highest BCUT2D eigenvalue weighted by Gasteiger charge is 2.49. The number of hydrogen-bond acceptors (Lipinski definition) is 3. The molecule has 0 aliphatic carbocycles. The molecule has 2 heterocycles. The first-order chi connectivity index (χ1) is 8.37. The third kappa shape index (κ3) is 1.65. The zero-order valence-electron chi connectivity index (χ0n) is 10.2. The standard InChI is InChI=1S/C14H19NO2/c1-16-12-6-3-2-5-11(12)14(9-17-10-14)13-7-4-8-15-13/h2-3,5-6,13,15H,4,7-10H2,1H3. The minimum atomic E-state index is 0.128. The molecule has 17 heavy (non-hydrogen) atoms. The van der Waals surface area contributed by atoms with Gasteiger partial charge in [-0.05, 0) is 25.5 Å². The summed E-state index contributed by atoms with van der Waals surface area (Å²) in [7, 11) is 1.74. The van der Waals surface area contributed by atoms with E-state index in [-0.39, 0.29) is 5.41 Å². The third-order valence-corrected chi connectivity index (χ3v) is 4.09. The lowest BCUT2D eigenvalue weighted by molar-refractivity contribution is -0.0769. The van der Waals surface area contributed by atoms with Crippen molar-refractivity contribution in [2.45, 2.75) is 24.3 Å². The summed E-state index contributed by atoms with van der Waals surface area (Å²) < 4.78 is 11.0. The second-order valence-corrected chi connectivity index (χ2v) is 5.00. The Bertz CT molecular complexity index is 395. The molecule has 1 unspecified atom stereocenters. The van der Waals surface area contributed by atoms with Crippen molar-refractivity contribution in [1.82, 2.24) is 5.32 Å². The fraction of sp³-hybridized carbons (Fsp3) is 0.571. The monoisotopic (exact) mass is 233 g/mol. The zero-order chi connectivity index (χ0) is 11.7. The second kappa shape index (κ2) is 4.31. The molecule has 1 atom stereocenters. The number of ether oxygens (including phenoxy) is 2. The molecule has 0 aromatic heterocycles. The van der Waals surface area contributed by atoms with Crippen LogP contribution in [0.1, 0.15) is 18.4 Å². The van der Waals surface area contributed by atoms with Crippen molar-refractivity contribution in [2.75, 3.05) is 26.9 Å². The predicted octanol–water partition coefficient (Wildman–Crippen LogP) is 1.72. The Labute approximate surface area is 102 Å². The Morgan fingerprint density at radius 1 is 1.35 bits per heavy atom. The van der Waals surface area contributed by atoms with Gasteiger partial charge in [0, 0.05) is 11.6 Å². The van der Waals surface area contributed by atoms with Crippen LogP contribution in [0.5, 0.6) is 5.75 Å². The van der Waals surface area contributed by atoms with E-state index in [4.69, 9.17) is 9.47 Å². The summed E-state index contributed by atoms with van der Waals surface area (Å²) in [6.45, 7) is 2.75. The van der Waals surface area contributed by atoms with E-state index < -0.39 is 0 Å². The van der Waals surface area contributed by atoms with Gasteiger partial charge in [-0.2, -0.15) is 0 Å². The molecular weight excluding hydrogens is 214 g/mol. The van der Waals surface area contributed by atoms with Gasteiger partial charge in [-0.3, -0.25) is 0 Å². The maximum Gasteiger partial charge on any atom is 0.122 e. The molecule has 0 radical (unpaired) electrons. The number of hydrogen-bond donors (Lipinski definition) is 1. The molecule has 0 spiro atoms. The van der Waals surface area contributed by atoms with Crippen LogP contribution < -0.4 is 10.1 Å². The maximum atomic E-state index is 5.51. The van der Waals surface area contributed by atoms with Crippen molar-refractivity contribution in [3.05, 3.63) is 29.8 Å². The van der Waals surface area contributed by atoms with Gasteiger partial charge < -0.3 is 14.8 Å². The normalized spacial score (nSPS) is 26.5. The molecule has 2 aliphatic rings. The Balaban J connectivity index is 1.98. The largest absolute Gasteiger partial charge is 0.496 e. The first-order valence-electron chi connectivity index (χ1n) is 6.31. The molecule has 2 fully saturated rings. The summed E-state index contributed by atoms with van der Waals surface area (Å²) in [5.41, 5.74) is 1.43. The number of para-hydroxylation sites is 1. The van der Waals surface area contributed by atoms with Crippen LogP contribution in [-0.4, -0.2) is 32.9 Å². The van der Waals surface area contributed by atoms with Crippen molar-refractivity contribution in [1.29, 1.82) is 0 Å². The molecule has 2 aliphatic heterocycles. The topological polar surface area (TPSA) is 30.5 Å². The molecule has 92 valence electrons. The minimum Gasteiger partial charge on any atom is -0.496 e. The van der Waals surface area contributed by atoms with Crippen LogP contribution in [0.3, 0.4) is 0 Å². The highest BCUT2D eigenvalue weighted by atomic mass is 16.5. The SMILES string of the molecule is COc1ccccc1C1(C2CCCN2)COC1. The fourth-order valence-corrected chi connectivity index (χ4v) is 3.08. The van der Waals surface area contributed by atoms with E-state index in [0.717, 1.165) is 25.5 Å². The van der Waals surface area contributed by atoms with E-state index in [2.05, 4.69) is 17.4 Å². The van der Waals surface area contributed by atoms with Crippen molar-refractivity contribution < 1.29 is 9.47 Å². The molecule has 2 saturated heterocycles. The van der Waals surface area contributed by atoms with Gasteiger partial charge >= 0.3 is 0 Å². The van der Waals surface area contributed by atoms with E-state index in [1.54, 1.807) is 7.11 Å². The van der Waals surface area contributed by atoms with Crippen LogP contribution in [0, 0.1) is 0 Å². The minimum absolute atomic E-state index is 0.128. The summed E-state index contributed by atoms with van der Waals surface area (Å²) in [6.07, 6.45) is 2.50. The van der Waals surface area contributed by atoms with E-state index in [1.807, 2.05) is 12.1 Å². The van der Waals surface area contributed by atoms with E-state index >= 15 is 0 Å². The van der Waals surface area contributed by atoms with Gasteiger partial charge in [-0.1, -0.05) is 18.2 Å². The molecule has 1 aromatic carbocycles. The number of benzene rings is 1. The van der Waals surface area contributed by atoms with Gasteiger partial charge in [0.15, 0.2) is 0 Å². The van der Waals surface area contributed by atoms with Crippen molar-refractivity contribution >= 4 is 0 Å². The van der Waals surface area contributed by atoms with Gasteiger partial charge in [0.1, 0.15) is 5.75 Å². The summed E-state index contributed by atoms with van der Waals surface area (Å²) in [4.78, 5) is 0. The van der Waals surface area contributed by atoms with Crippen LogP contribution in [0.2, 0.25) is 0 Å². The average Bonchev–Trinajstić information content (AvgIpc) is 2.82. The van der Waals surface area contributed by atoms with Gasteiger partial charge in [0.05, 0.1) is 25.7 Å². The Kier molecular flexibility index (Phi) is 2.81. The quantitative estimate of drug-likeness (QED) is 0.862. The first-order valence-corrected chi connectivity index (χ1v) is 6.31. The fourth-order valence-electron chi connectivity index (χ4n) is 3.08. The Morgan fingerprint density at radius 2 is 2.18 bits per heavy atom. The maximum absolute atomic E-state index is 5.51. The van der Waals surface area contributed by atoms with Crippen LogP contribution >= 0.6 is 0 Å². The van der Waals surface area contributed by atoms with Crippen LogP contribution in [0.4, 0.5) is 0 Å². The summed E-state index contributed by atoms with van der Waals surface area (Å²) in [6, 6.07) is 8.88. The Morgan fingerprint density at radius 3 is 2.76 bits per heavy atom. The molecular formula is C14H19NO2. The zero-order valence-corrected chi connectivity index (χ0v) is 10.2. The van der Waals surface area contributed by atoms with Gasteiger partial charge in [-0.15, -0.1) is 0 Å². The van der Waals surface area contributed by atoms with Gasteiger partial charge in [-0.25, -0.2) is 0 Å². The molecule has 0 amide bonds. The summed E-state index contributed by atoms with van der Waals surface area (Å²) in [5.74, 6) is 0.990. The van der Waals surface area contributed by atoms with Crippen molar-refractivity contribution in [3.8, 4) is 5.75 Å². The van der Waals surface area contributed by atoms with Crippen LogP contribution in [-0.2, 0) is 10.2 Å². The number of rotatable bonds is 3. The van der Waals surface area contributed by atoms with Gasteiger partial charge in [0.2, 0.25) is 0 Å². The molecule has 1 aromatic rings. The van der Waals surface area contributed by atoms with Gasteiger partial charge in [0.25, 0.3) is 0 Å². The molecule has 0 saturated carbocycles. The highest BCUT2D eigenvalue weighted by Crippen LogP contribution is 2.42. The van der Waals surface area contributed by atoms with Crippen LogP contribution in [0.15, 0.2) is 24.3 Å². The molecule has 3 nitrogen and oxygen atoms in total. The lowest BCUT2D eigenvalue weighted by Crippen LogP contribution is -2.58. The van der Waals surface area contributed by atoms with E-state index in [1.165, 1.54) is 18.4 Å². The molecule has 1 N–H and O–H groups in total. The third-order valence-electron chi connectivity index (χ3n) is 4.09. The van der Waals surface area contributed by atoms with Crippen molar-refractivity contribution in [3.63, 3.8) is 0 Å². The number of nitrogens with one attached hydrogen (secondary N) is 1. The summed E-state index contributed by atoms with van der Waals surface area (Å²) in [5, 5.41) is 3.61. The predicted molar refractivity (Wildman–Crippen MR) is 66.5 cm³/mol. The smallest absolute Gasteiger partial charge is 0.122 e. The number of methoxy groups -OCH3 is 1. The Hall–Kier alpha value is -1.06. The van der Waals surface area contributed by atoms with Crippen LogP contribution in [0.25, 0.3) is 0 Å². The molecule has 0 bridgehead atoms.